The summed E-state index contributed by atoms with van der Waals surface area (Å²) in [5.74, 6) is -0.120. The van der Waals surface area contributed by atoms with Gasteiger partial charge in [-0.05, 0) is 79.3 Å². The molecule has 30 heavy (non-hydrogen) atoms. The van der Waals surface area contributed by atoms with E-state index in [0.29, 0.717) is 5.56 Å². The lowest BCUT2D eigenvalue weighted by molar-refractivity contribution is 0.00695. The number of benzene rings is 3. The number of phenols is 1. The molecular formula is C27H28O3. The summed E-state index contributed by atoms with van der Waals surface area (Å²) in [6, 6.07) is 25.0. The summed E-state index contributed by atoms with van der Waals surface area (Å²) >= 11 is 0. The Kier molecular flexibility index (Phi) is 6.41. The lowest BCUT2D eigenvalue weighted by Crippen LogP contribution is -2.23. The third-order valence-corrected chi connectivity index (χ3v) is 4.72. The molecule has 154 valence electrons. The number of esters is 1. The van der Waals surface area contributed by atoms with Crippen LogP contribution in [0.25, 0.3) is 11.1 Å². The second kappa shape index (κ2) is 9.00. The van der Waals surface area contributed by atoms with Gasteiger partial charge in [0.1, 0.15) is 11.4 Å². The first-order valence-electron chi connectivity index (χ1n) is 10.2. The van der Waals surface area contributed by atoms with Crippen LogP contribution < -0.4 is 0 Å². The minimum Gasteiger partial charge on any atom is -0.508 e. The Labute approximate surface area is 178 Å². The molecule has 0 fully saturated rings. The largest absolute Gasteiger partial charge is 0.508 e. The molecule has 0 spiro atoms. The molecule has 0 aliphatic carbocycles. The van der Waals surface area contributed by atoms with Crippen LogP contribution in [0.15, 0.2) is 78.9 Å². The number of hydrogen-bond donors (Lipinski definition) is 1. The summed E-state index contributed by atoms with van der Waals surface area (Å²) in [6.45, 7) is 7.71. The number of ether oxygens (including phenoxy) is 1. The summed E-state index contributed by atoms with van der Waals surface area (Å²) in [7, 11) is 0. The monoisotopic (exact) mass is 400 g/mol. The standard InChI is InChI=1S/C27H28O3/c1-5-24(19-10-7-6-8-11-19)25(20-14-16-23(28)17-15-20)21-12-9-13-22(18-21)26(29)30-27(2,3)4/h6-18,28H,5H2,1-4H3/b25-24+. The maximum absolute atomic E-state index is 12.7. The van der Waals surface area contributed by atoms with Crippen molar-refractivity contribution in [1.82, 2.24) is 0 Å². The number of hydrogen-bond acceptors (Lipinski definition) is 3. The van der Waals surface area contributed by atoms with Crippen molar-refractivity contribution in [3.63, 3.8) is 0 Å². The number of allylic oxidation sites excluding steroid dienone is 1. The Hall–Kier alpha value is -3.33. The van der Waals surface area contributed by atoms with Crippen LogP contribution in [0.4, 0.5) is 0 Å². The Balaban J connectivity index is 2.19. The molecule has 3 nitrogen and oxygen atoms in total. The third-order valence-electron chi connectivity index (χ3n) is 4.72. The van der Waals surface area contributed by atoms with E-state index in [1.54, 1.807) is 18.2 Å². The summed E-state index contributed by atoms with van der Waals surface area (Å²) in [6.07, 6.45) is 0.816. The van der Waals surface area contributed by atoms with E-state index in [4.69, 9.17) is 4.74 Å². The molecule has 0 unspecified atom stereocenters. The van der Waals surface area contributed by atoms with Gasteiger partial charge in [-0.25, -0.2) is 4.79 Å². The molecule has 0 amide bonds. The molecule has 0 saturated carbocycles. The molecule has 0 atom stereocenters. The van der Waals surface area contributed by atoms with Crippen LogP contribution in [0, 0.1) is 0 Å². The van der Waals surface area contributed by atoms with Crippen LogP contribution in [-0.2, 0) is 4.74 Å². The molecule has 0 aliphatic rings. The van der Waals surface area contributed by atoms with Gasteiger partial charge in [-0.15, -0.1) is 0 Å². The molecule has 0 aromatic heterocycles. The number of carbonyl (C=O) groups excluding carboxylic acids is 1. The molecule has 3 aromatic carbocycles. The smallest absolute Gasteiger partial charge is 0.338 e. The van der Waals surface area contributed by atoms with Gasteiger partial charge < -0.3 is 9.84 Å². The van der Waals surface area contributed by atoms with Crippen molar-refractivity contribution in [3.05, 3.63) is 101 Å². The predicted octanol–water partition coefficient (Wildman–Crippen LogP) is 6.72. The molecular weight excluding hydrogens is 372 g/mol. The van der Waals surface area contributed by atoms with Crippen molar-refractivity contribution < 1.29 is 14.6 Å². The first-order chi connectivity index (χ1) is 14.3. The van der Waals surface area contributed by atoms with E-state index in [1.165, 1.54) is 5.57 Å². The maximum atomic E-state index is 12.7. The molecule has 0 bridgehead atoms. The quantitative estimate of drug-likeness (QED) is 0.382. The fourth-order valence-corrected chi connectivity index (χ4v) is 3.45. The van der Waals surface area contributed by atoms with Gasteiger partial charge in [0.25, 0.3) is 0 Å². The van der Waals surface area contributed by atoms with Crippen molar-refractivity contribution in [1.29, 1.82) is 0 Å². The van der Waals surface area contributed by atoms with E-state index >= 15 is 0 Å². The van der Waals surface area contributed by atoms with E-state index < -0.39 is 5.60 Å². The minimum absolute atomic E-state index is 0.221. The van der Waals surface area contributed by atoms with Crippen molar-refractivity contribution in [2.45, 2.75) is 39.7 Å². The molecule has 3 heteroatoms. The van der Waals surface area contributed by atoms with E-state index in [0.717, 1.165) is 28.7 Å². The van der Waals surface area contributed by atoms with E-state index in [-0.39, 0.29) is 11.7 Å². The van der Waals surface area contributed by atoms with Crippen LogP contribution >= 0.6 is 0 Å². The maximum Gasteiger partial charge on any atom is 0.338 e. The first-order valence-corrected chi connectivity index (χ1v) is 10.2. The molecule has 3 aromatic rings. The predicted molar refractivity (Wildman–Crippen MR) is 122 cm³/mol. The van der Waals surface area contributed by atoms with Gasteiger partial charge in [0.15, 0.2) is 0 Å². The van der Waals surface area contributed by atoms with E-state index in [1.807, 2.05) is 69.3 Å². The zero-order valence-electron chi connectivity index (χ0n) is 18.0. The van der Waals surface area contributed by atoms with Crippen LogP contribution in [0.3, 0.4) is 0 Å². The van der Waals surface area contributed by atoms with Crippen LogP contribution in [-0.4, -0.2) is 16.7 Å². The second-order valence-electron chi connectivity index (χ2n) is 8.20. The summed E-state index contributed by atoms with van der Waals surface area (Å²) in [5.41, 5.74) is 5.21. The highest BCUT2D eigenvalue weighted by molar-refractivity contribution is 6.00. The van der Waals surface area contributed by atoms with Gasteiger partial charge in [-0.3, -0.25) is 0 Å². The fourth-order valence-electron chi connectivity index (χ4n) is 3.45. The van der Waals surface area contributed by atoms with Gasteiger partial charge >= 0.3 is 5.97 Å². The van der Waals surface area contributed by atoms with Crippen LogP contribution in [0.5, 0.6) is 5.75 Å². The van der Waals surface area contributed by atoms with Gasteiger partial charge in [0.2, 0.25) is 0 Å². The minimum atomic E-state index is -0.554. The summed E-state index contributed by atoms with van der Waals surface area (Å²) < 4.78 is 5.56. The highest BCUT2D eigenvalue weighted by Crippen LogP contribution is 2.35. The zero-order valence-corrected chi connectivity index (χ0v) is 18.0. The molecule has 0 saturated heterocycles. The van der Waals surface area contributed by atoms with E-state index in [2.05, 4.69) is 19.1 Å². The number of carbonyl (C=O) groups is 1. The SMILES string of the molecule is CC/C(=C(/c1ccc(O)cc1)c1cccc(C(=O)OC(C)(C)C)c1)c1ccccc1. The number of rotatable bonds is 5. The highest BCUT2D eigenvalue weighted by Gasteiger charge is 2.19. The number of phenolic OH excluding ortho intramolecular Hbond substituents is 1. The van der Waals surface area contributed by atoms with Gasteiger partial charge in [-0.1, -0.05) is 61.5 Å². The Bertz CT molecular complexity index is 1040. The molecule has 1 N–H and O–H groups in total. The molecule has 0 aliphatic heterocycles. The lowest BCUT2D eigenvalue weighted by atomic mass is 9.87. The second-order valence-corrected chi connectivity index (χ2v) is 8.20. The molecule has 3 rings (SSSR count). The Morgan fingerprint density at radius 1 is 0.800 bits per heavy atom. The summed E-state index contributed by atoms with van der Waals surface area (Å²) in [4.78, 5) is 12.7. The number of aromatic hydroxyl groups is 1. The van der Waals surface area contributed by atoms with Crippen molar-refractivity contribution >= 4 is 17.1 Å². The van der Waals surface area contributed by atoms with Crippen molar-refractivity contribution in [2.24, 2.45) is 0 Å². The Morgan fingerprint density at radius 2 is 1.40 bits per heavy atom. The van der Waals surface area contributed by atoms with Crippen molar-refractivity contribution in [2.75, 3.05) is 0 Å². The summed E-state index contributed by atoms with van der Waals surface area (Å²) in [5, 5.41) is 9.77. The van der Waals surface area contributed by atoms with E-state index in [9.17, 15) is 9.90 Å². The normalized spacial score (nSPS) is 12.3. The van der Waals surface area contributed by atoms with Crippen LogP contribution in [0.2, 0.25) is 0 Å². The van der Waals surface area contributed by atoms with Gasteiger partial charge in [0, 0.05) is 0 Å². The lowest BCUT2D eigenvalue weighted by Gasteiger charge is -2.20. The van der Waals surface area contributed by atoms with Crippen LogP contribution in [0.1, 0.15) is 61.2 Å². The Morgan fingerprint density at radius 3 is 2.00 bits per heavy atom. The topological polar surface area (TPSA) is 46.5 Å². The highest BCUT2D eigenvalue weighted by atomic mass is 16.6. The third kappa shape index (κ3) is 5.18. The van der Waals surface area contributed by atoms with Gasteiger partial charge in [0.05, 0.1) is 5.56 Å². The average Bonchev–Trinajstić information content (AvgIpc) is 2.72. The zero-order chi connectivity index (χ0) is 21.7. The average molecular weight is 401 g/mol. The fraction of sp³-hybridized carbons (Fsp3) is 0.222. The first kappa shape index (κ1) is 21.4. The van der Waals surface area contributed by atoms with Gasteiger partial charge in [-0.2, -0.15) is 0 Å². The molecule has 0 radical (unpaired) electrons. The van der Waals surface area contributed by atoms with Crippen molar-refractivity contribution in [3.8, 4) is 5.75 Å². The molecule has 0 heterocycles.